The van der Waals surface area contributed by atoms with Gasteiger partial charge in [-0.05, 0) is 12.1 Å². The number of phenols is 1. The normalized spacial score (nSPS) is 10.4. The second-order valence-corrected chi connectivity index (χ2v) is 2.82. The van der Waals surface area contributed by atoms with Gasteiger partial charge in [0.1, 0.15) is 11.4 Å². The lowest BCUT2D eigenvalue weighted by Gasteiger charge is -2.01. The number of aromatic hydroxyl groups is 1. The van der Waals surface area contributed by atoms with Crippen molar-refractivity contribution < 1.29 is 9.50 Å². The topological polar surface area (TPSA) is 64.1 Å². The van der Waals surface area contributed by atoms with Crippen LogP contribution in [0.4, 0.5) is 10.1 Å². The summed E-state index contributed by atoms with van der Waals surface area (Å²) in [6, 6.07) is 6.11. The van der Waals surface area contributed by atoms with Crippen LogP contribution in [0.25, 0.3) is 5.69 Å². The molecule has 0 spiro atoms. The molecule has 0 fully saturated rings. The molecule has 0 unspecified atom stereocenters. The van der Waals surface area contributed by atoms with Crippen molar-refractivity contribution in [3.63, 3.8) is 0 Å². The SMILES string of the molecule is Nc1cnn(-c2cccc(O)c2)c1F. The van der Waals surface area contributed by atoms with Gasteiger partial charge in [-0.1, -0.05) is 6.07 Å². The summed E-state index contributed by atoms with van der Waals surface area (Å²) >= 11 is 0. The van der Waals surface area contributed by atoms with Crippen LogP contribution in [0.2, 0.25) is 0 Å². The minimum absolute atomic E-state index is 0.0201. The van der Waals surface area contributed by atoms with E-state index >= 15 is 0 Å². The monoisotopic (exact) mass is 193 g/mol. The lowest BCUT2D eigenvalue weighted by Crippen LogP contribution is -2.00. The number of nitrogen functional groups attached to an aromatic ring is 1. The molecule has 0 radical (unpaired) electrons. The minimum atomic E-state index is -0.629. The third-order valence-corrected chi connectivity index (χ3v) is 1.81. The standard InChI is InChI=1S/C9H8FN3O/c10-9-8(11)5-12-13(9)6-2-1-3-7(14)4-6/h1-5,14H,11H2. The van der Waals surface area contributed by atoms with Gasteiger partial charge in [0.05, 0.1) is 11.9 Å². The van der Waals surface area contributed by atoms with Crippen molar-refractivity contribution in [3.8, 4) is 11.4 Å². The highest BCUT2D eigenvalue weighted by Crippen LogP contribution is 2.18. The van der Waals surface area contributed by atoms with Crippen molar-refractivity contribution in [2.24, 2.45) is 0 Å². The number of phenolic OH excluding ortho intramolecular Hbond substituents is 1. The lowest BCUT2D eigenvalue weighted by molar-refractivity contribution is 0.473. The maximum atomic E-state index is 13.3. The van der Waals surface area contributed by atoms with E-state index in [9.17, 15) is 9.50 Å². The van der Waals surface area contributed by atoms with E-state index in [0.29, 0.717) is 5.69 Å². The van der Waals surface area contributed by atoms with Crippen LogP contribution < -0.4 is 5.73 Å². The zero-order valence-electron chi connectivity index (χ0n) is 7.18. The Morgan fingerprint density at radius 2 is 2.21 bits per heavy atom. The Balaban J connectivity index is 2.55. The molecule has 1 aromatic heterocycles. The number of hydrogen-bond donors (Lipinski definition) is 2. The molecule has 0 atom stereocenters. The molecule has 0 saturated carbocycles. The molecule has 0 aliphatic carbocycles. The highest BCUT2D eigenvalue weighted by molar-refractivity contribution is 5.42. The Hall–Kier alpha value is -2.04. The molecule has 1 heterocycles. The molecule has 2 rings (SSSR count). The van der Waals surface area contributed by atoms with Crippen molar-refractivity contribution in [2.75, 3.05) is 5.73 Å². The molecule has 0 aliphatic rings. The minimum Gasteiger partial charge on any atom is -0.508 e. The number of nitrogens with two attached hydrogens (primary N) is 1. The van der Waals surface area contributed by atoms with Crippen molar-refractivity contribution in [1.29, 1.82) is 0 Å². The summed E-state index contributed by atoms with van der Waals surface area (Å²) in [7, 11) is 0. The number of anilines is 1. The van der Waals surface area contributed by atoms with Gasteiger partial charge in [0.2, 0.25) is 5.95 Å². The average molecular weight is 193 g/mol. The number of aromatic nitrogens is 2. The Labute approximate surface area is 79.4 Å². The van der Waals surface area contributed by atoms with Crippen molar-refractivity contribution in [1.82, 2.24) is 9.78 Å². The number of hydrogen-bond acceptors (Lipinski definition) is 3. The van der Waals surface area contributed by atoms with E-state index in [4.69, 9.17) is 5.73 Å². The summed E-state index contributed by atoms with van der Waals surface area (Å²) < 4.78 is 14.3. The predicted octanol–water partition coefficient (Wildman–Crippen LogP) is 1.30. The Morgan fingerprint density at radius 1 is 1.43 bits per heavy atom. The number of halogens is 1. The molecule has 0 saturated heterocycles. The molecule has 4 nitrogen and oxygen atoms in total. The Bertz CT molecular complexity index is 467. The second-order valence-electron chi connectivity index (χ2n) is 2.82. The maximum absolute atomic E-state index is 13.3. The van der Waals surface area contributed by atoms with Gasteiger partial charge in [-0.15, -0.1) is 0 Å². The van der Waals surface area contributed by atoms with E-state index < -0.39 is 5.95 Å². The van der Waals surface area contributed by atoms with Crippen LogP contribution in [-0.2, 0) is 0 Å². The van der Waals surface area contributed by atoms with Crippen LogP contribution in [0.15, 0.2) is 30.5 Å². The van der Waals surface area contributed by atoms with Crippen LogP contribution in [0.3, 0.4) is 0 Å². The smallest absolute Gasteiger partial charge is 0.239 e. The molecule has 0 bridgehead atoms. The van der Waals surface area contributed by atoms with Crippen molar-refractivity contribution in [2.45, 2.75) is 0 Å². The van der Waals surface area contributed by atoms with E-state index in [2.05, 4.69) is 5.10 Å². The molecule has 0 aliphatic heterocycles. The first kappa shape index (κ1) is 8.55. The maximum Gasteiger partial charge on any atom is 0.239 e. The molecular formula is C9H8FN3O. The first-order valence-electron chi connectivity index (χ1n) is 3.97. The third kappa shape index (κ3) is 1.28. The highest BCUT2D eigenvalue weighted by atomic mass is 19.1. The van der Waals surface area contributed by atoms with Crippen LogP contribution in [-0.4, -0.2) is 14.9 Å². The highest BCUT2D eigenvalue weighted by Gasteiger charge is 2.08. The first-order chi connectivity index (χ1) is 6.68. The number of benzene rings is 1. The van der Waals surface area contributed by atoms with E-state index in [0.717, 1.165) is 4.68 Å². The summed E-state index contributed by atoms with van der Waals surface area (Å²) in [5.41, 5.74) is 5.70. The molecule has 3 N–H and O–H groups in total. The van der Waals surface area contributed by atoms with E-state index in [1.165, 1.54) is 18.3 Å². The molecule has 14 heavy (non-hydrogen) atoms. The number of rotatable bonds is 1. The summed E-state index contributed by atoms with van der Waals surface area (Å²) in [5, 5.41) is 12.9. The fourth-order valence-electron chi connectivity index (χ4n) is 1.15. The molecule has 72 valence electrons. The molecule has 1 aromatic carbocycles. The van der Waals surface area contributed by atoms with E-state index in [-0.39, 0.29) is 11.4 Å². The largest absolute Gasteiger partial charge is 0.508 e. The molecule has 0 amide bonds. The Morgan fingerprint density at radius 3 is 2.79 bits per heavy atom. The summed E-state index contributed by atoms with van der Waals surface area (Å²) in [6.45, 7) is 0. The van der Waals surface area contributed by atoms with Gasteiger partial charge in [0, 0.05) is 6.07 Å². The average Bonchev–Trinajstić information content (AvgIpc) is 2.48. The quantitative estimate of drug-likeness (QED) is 0.717. The zero-order valence-corrected chi connectivity index (χ0v) is 7.18. The Kier molecular flexibility index (Phi) is 1.85. The summed E-state index contributed by atoms with van der Waals surface area (Å²) in [4.78, 5) is 0. The van der Waals surface area contributed by atoms with Crippen LogP contribution >= 0.6 is 0 Å². The van der Waals surface area contributed by atoms with Gasteiger partial charge < -0.3 is 10.8 Å². The van der Waals surface area contributed by atoms with Crippen LogP contribution in [0.5, 0.6) is 5.75 Å². The van der Waals surface area contributed by atoms with Crippen LogP contribution in [0, 0.1) is 5.95 Å². The summed E-state index contributed by atoms with van der Waals surface area (Å²) in [5.74, 6) is -0.577. The van der Waals surface area contributed by atoms with Gasteiger partial charge in [-0.2, -0.15) is 9.49 Å². The van der Waals surface area contributed by atoms with E-state index in [1.807, 2.05) is 0 Å². The fourth-order valence-corrected chi connectivity index (χ4v) is 1.15. The van der Waals surface area contributed by atoms with Crippen LogP contribution in [0.1, 0.15) is 0 Å². The van der Waals surface area contributed by atoms with Gasteiger partial charge in [-0.25, -0.2) is 4.68 Å². The third-order valence-electron chi connectivity index (χ3n) is 1.81. The molecule has 5 heteroatoms. The van der Waals surface area contributed by atoms with Crippen molar-refractivity contribution in [3.05, 3.63) is 36.4 Å². The number of nitrogens with zero attached hydrogens (tertiary/aromatic N) is 2. The van der Waals surface area contributed by atoms with Crippen molar-refractivity contribution >= 4 is 5.69 Å². The summed E-state index contributed by atoms with van der Waals surface area (Å²) in [6.07, 6.45) is 1.22. The van der Waals surface area contributed by atoms with E-state index in [1.54, 1.807) is 12.1 Å². The second kappa shape index (κ2) is 3.02. The first-order valence-corrected chi connectivity index (χ1v) is 3.97. The molecular weight excluding hydrogens is 185 g/mol. The van der Waals surface area contributed by atoms with Gasteiger partial charge in [-0.3, -0.25) is 0 Å². The lowest BCUT2D eigenvalue weighted by atomic mass is 10.3. The zero-order chi connectivity index (χ0) is 10.1. The van der Waals surface area contributed by atoms with Gasteiger partial charge >= 0.3 is 0 Å². The van der Waals surface area contributed by atoms with Gasteiger partial charge in [0.15, 0.2) is 0 Å². The fraction of sp³-hybridized carbons (Fsp3) is 0. The predicted molar refractivity (Wildman–Crippen MR) is 49.6 cm³/mol. The van der Waals surface area contributed by atoms with Gasteiger partial charge in [0.25, 0.3) is 0 Å². The molecule has 2 aromatic rings.